The molecule has 3 N–H and O–H groups in total. The molecule has 26 heavy (non-hydrogen) atoms. The number of amides is 2. The quantitative estimate of drug-likeness (QED) is 0.558. The third-order valence-electron chi connectivity index (χ3n) is 3.41. The SMILES string of the molecule is O=C(COc1ccc(Br)cc1)NNC(=O)c1n[nH]c(=O)c2ccccc12. The third-order valence-corrected chi connectivity index (χ3v) is 3.94. The van der Waals surface area contributed by atoms with Crippen LogP contribution in [0.25, 0.3) is 10.8 Å². The van der Waals surface area contributed by atoms with Gasteiger partial charge in [0.25, 0.3) is 17.4 Å². The summed E-state index contributed by atoms with van der Waals surface area (Å²) in [6, 6.07) is 13.5. The number of ether oxygens (including phenoxy) is 1. The van der Waals surface area contributed by atoms with Gasteiger partial charge < -0.3 is 4.74 Å². The van der Waals surface area contributed by atoms with Gasteiger partial charge >= 0.3 is 0 Å². The zero-order valence-electron chi connectivity index (χ0n) is 13.3. The Labute approximate surface area is 155 Å². The number of halogens is 1. The molecule has 0 aliphatic heterocycles. The maximum Gasteiger partial charge on any atom is 0.290 e. The molecule has 3 rings (SSSR count). The van der Waals surface area contributed by atoms with Crippen molar-refractivity contribution in [2.45, 2.75) is 0 Å². The van der Waals surface area contributed by atoms with Crippen LogP contribution in [0.15, 0.2) is 57.8 Å². The molecule has 0 aliphatic carbocycles. The van der Waals surface area contributed by atoms with Gasteiger partial charge in [-0.3, -0.25) is 25.2 Å². The number of benzene rings is 2. The molecular formula is C17H13BrN4O4. The smallest absolute Gasteiger partial charge is 0.290 e. The van der Waals surface area contributed by atoms with Gasteiger partial charge in [0.05, 0.1) is 5.39 Å². The van der Waals surface area contributed by atoms with Crippen molar-refractivity contribution in [3.05, 3.63) is 69.1 Å². The number of nitrogens with one attached hydrogen (secondary N) is 3. The molecule has 3 aromatic rings. The summed E-state index contributed by atoms with van der Waals surface area (Å²) >= 11 is 3.30. The van der Waals surface area contributed by atoms with Gasteiger partial charge in [-0.05, 0) is 30.3 Å². The summed E-state index contributed by atoms with van der Waals surface area (Å²) in [5, 5.41) is 6.72. The summed E-state index contributed by atoms with van der Waals surface area (Å²) in [4.78, 5) is 35.7. The van der Waals surface area contributed by atoms with Crippen LogP contribution in [0.3, 0.4) is 0 Å². The fraction of sp³-hybridized carbons (Fsp3) is 0.0588. The lowest BCUT2D eigenvalue weighted by Crippen LogP contribution is -2.44. The van der Waals surface area contributed by atoms with E-state index in [9.17, 15) is 14.4 Å². The van der Waals surface area contributed by atoms with E-state index in [1.54, 1.807) is 48.5 Å². The van der Waals surface area contributed by atoms with E-state index >= 15 is 0 Å². The number of fused-ring (bicyclic) bond motifs is 1. The first kappa shape index (κ1) is 17.6. The van der Waals surface area contributed by atoms with E-state index in [1.807, 2.05) is 0 Å². The van der Waals surface area contributed by atoms with E-state index in [-0.39, 0.29) is 12.3 Å². The number of hydrogen-bond donors (Lipinski definition) is 3. The number of nitrogens with zero attached hydrogens (tertiary/aromatic N) is 1. The second-order valence-corrected chi connectivity index (χ2v) is 6.11. The lowest BCUT2D eigenvalue weighted by Gasteiger charge is -2.09. The van der Waals surface area contributed by atoms with E-state index in [1.165, 1.54) is 0 Å². The van der Waals surface area contributed by atoms with Crippen molar-refractivity contribution >= 4 is 38.5 Å². The molecule has 0 atom stereocenters. The van der Waals surface area contributed by atoms with Crippen LogP contribution in [0.1, 0.15) is 10.5 Å². The minimum Gasteiger partial charge on any atom is -0.484 e. The highest BCUT2D eigenvalue weighted by Crippen LogP contribution is 2.15. The summed E-state index contributed by atoms with van der Waals surface area (Å²) < 4.78 is 6.19. The zero-order chi connectivity index (χ0) is 18.5. The molecule has 0 spiro atoms. The largest absolute Gasteiger partial charge is 0.484 e. The first-order valence-electron chi connectivity index (χ1n) is 7.49. The summed E-state index contributed by atoms with van der Waals surface area (Å²) in [5.41, 5.74) is 4.08. The average molecular weight is 417 g/mol. The Kier molecular flexibility index (Phi) is 5.28. The molecule has 1 heterocycles. The van der Waals surface area contributed by atoms with E-state index in [0.29, 0.717) is 16.5 Å². The standard InChI is InChI=1S/C17H13BrN4O4/c18-10-5-7-11(8-6-10)26-9-14(23)19-22-17(25)15-12-3-1-2-4-13(12)16(24)21-20-15/h1-8H,9H2,(H,19,23)(H,21,24)(H,22,25). The molecule has 0 fully saturated rings. The van der Waals surface area contributed by atoms with Crippen LogP contribution in [-0.2, 0) is 4.79 Å². The van der Waals surface area contributed by atoms with Gasteiger partial charge in [-0.2, -0.15) is 5.10 Å². The van der Waals surface area contributed by atoms with Gasteiger partial charge in [0.2, 0.25) is 0 Å². The van der Waals surface area contributed by atoms with Crippen molar-refractivity contribution in [2.75, 3.05) is 6.61 Å². The fourth-order valence-corrected chi connectivity index (χ4v) is 2.45. The van der Waals surface area contributed by atoms with E-state index < -0.39 is 17.4 Å². The van der Waals surface area contributed by atoms with Gasteiger partial charge in [0.15, 0.2) is 12.3 Å². The van der Waals surface area contributed by atoms with Crippen LogP contribution in [0, 0.1) is 0 Å². The predicted octanol–water partition coefficient (Wildman–Crippen LogP) is 1.53. The van der Waals surface area contributed by atoms with E-state index in [0.717, 1.165) is 4.47 Å². The monoisotopic (exact) mass is 416 g/mol. The van der Waals surface area contributed by atoms with E-state index in [2.05, 4.69) is 37.0 Å². The molecule has 1 aromatic heterocycles. The molecule has 0 radical (unpaired) electrons. The first-order chi connectivity index (χ1) is 12.5. The Morgan fingerprint density at radius 1 is 1.04 bits per heavy atom. The van der Waals surface area contributed by atoms with Crippen molar-refractivity contribution in [3.63, 3.8) is 0 Å². The number of hydrazine groups is 1. The first-order valence-corrected chi connectivity index (χ1v) is 8.29. The van der Waals surface area contributed by atoms with Crippen LogP contribution in [-0.4, -0.2) is 28.6 Å². The van der Waals surface area contributed by atoms with Gasteiger partial charge in [0, 0.05) is 9.86 Å². The second-order valence-electron chi connectivity index (χ2n) is 5.19. The van der Waals surface area contributed by atoms with Crippen LogP contribution in [0.4, 0.5) is 0 Å². The Bertz CT molecular complexity index is 1020. The maximum absolute atomic E-state index is 12.2. The van der Waals surface area contributed by atoms with Crippen LogP contribution in [0.2, 0.25) is 0 Å². The van der Waals surface area contributed by atoms with E-state index in [4.69, 9.17) is 4.74 Å². The van der Waals surface area contributed by atoms with Crippen molar-refractivity contribution in [3.8, 4) is 5.75 Å². The highest BCUT2D eigenvalue weighted by atomic mass is 79.9. The van der Waals surface area contributed by atoms with Gasteiger partial charge in [-0.25, -0.2) is 5.10 Å². The third kappa shape index (κ3) is 4.06. The number of carbonyl (C=O) groups excluding carboxylic acids is 2. The number of aromatic amines is 1. The molecular weight excluding hydrogens is 404 g/mol. The predicted molar refractivity (Wildman–Crippen MR) is 97.6 cm³/mol. The number of rotatable bonds is 4. The second kappa shape index (κ2) is 7.79. The molecule has 0 aliphatic rings. The van der Waals surface area contributed by atoms with Gasteiger partial charge in [0.1, 0.15) is 5.75 Å². The van der Waals surface area contributed by atoms with Crippen molar-refractivity contribution < 1.29 is 14.3 Å². The number of aromatic nitrogens is 2. The Hall–Kier alpha value is -3.20. The molecule has 132 valence electrons. The minimum atomic E-state index is -0.658. The Balaban J connectivity index is 1.60. The Morgan fingerprint density at radius 2 is 1.73 bits per heavy atom. The molecule has 0 saturated carbocycles. The summed E-state index contributed by atoms with van der Waals surface area (Å²) in [5.74, 6) is -0.688. The van der Waals surface area contributed by atoms with Gasteiger partial charge in [-0.15, -0.1) is 0 Å². The van der Waals surface area contributed by atoms with Gasteiger partial charge in [-0.1, -0.05) is 34.1 Å². The van der Waals surface area contributed by atoms with Crippen LogP contribution >= 0.6 is 15.9 Å². The lowest BCUT2D eigenvalue weighted by molar-refractivity contribution is -0.123. The molecule has 2 aromatic carbocycles. The topological polar surface area (TPSA) is 113 Å². The lowest BCUT2D eigenvalue weighted by atomic mass is 10.1. The van der Waals surface area contributed by atoms with Crippen LogP contribution < -0.4 is 21.1 Å². The Morgan fingerprint density at radius 3 is 2.46 bits per heavy atom. The molecule has 9 heteroatoms. The highest BCUT2D eigenvalue weighted by Gasteiger charge is 2.14. The average Bonchev–Trinajstić information content (AvgIpc) is 2.66. The number of carbonyl (C=O) groups is 2. The van der Waals surface area contributed by atoms with Crippen molar-refractivity contribution in [1.82, 2.24) is 21.0 Å². The molecule has 0 bridgehead atoms. The van der Waals surface area contributed by atoms with Crippen LogP contribution in [0.5, 0.6) is 5.75 Å². The summed E-state index contributed by atoms with van der Waals surface area (Å²) in [6.45, 7) is -0.276. The maximum atomic E-state index is 12.2. The highest BCUT2D eigenvalue weighted by molar-refractivity contribution is 9.10. The fourth-order valence-electron chi connectivity index (χ4n) is 2.19. The normalized spacial score (nSPS) is 10.3. The molecule has 0 unspecified atom stereocenters. The number of hydrogen-bond acceptors (Lipinski definition) is 5. The summed E-state index contributed by atoms with van der Waals surface area (Å²) in [7, 11) is 0. The van der Waals surface area contributed by atoms with Crippen molar-refractivity contribution in [1.29, 1.82) is 0 Å². The summed E-state index contributed by atoms with van der Waals surface area (Å²) in [6.07, 6.45) is 0. The molecule has 2 amide bonds. The minimum absolute atomic E-state index is 0.00525. The van der Waals surface area contributed by atoms with Crippen molar-refractivity contribution in [2.24, 2.45) is 0 Å². The number of H-pyrrole nitrogens is 1. The molecule has 0 saturated heterocycles. The zero-order valence-corrected chi connectivity index (χ0v) is 14.9. The molecule has 8 nitrogen and oxygen atoms in total.